The molecular weight excluding hydrogens is 215 g/mol. The van der Waals surface area contributed by atoms with E-state index in [1.807, 2.05) is 33.0 Å². The normalized spacial score (nSPS) is 14.8. The van der Waals surface area contributed by atoms with Crippen LogP contribution in [0.15, 0.2) is 18.3 Å². The Balaban J connectivity index is 2.78. The lowest BCUT2D eigenvalue weighted by Gasteiger charge is -2.20. The van der Waals surface area contributed by atoms with Crippen molar-refractivity contribution in [3.63, 3.8) is 0 Å². The summed E-state index contributed by atoms with van der Waals surface area (Å²) in [6, 6.07) is 3.82. The minimum atomic E-state index is -1.87. The number of nitrogens with one attached hydrogen (secondary N) is 1. The molecule has 1 aromatic rings. The van der Waals surface area contributed by atoms with E-state index in [0.29, 0.717) is 0 Å². The Morgan fingerprint density at radius 2 is 2.29 bits per heavy atom. The van der Waals surface area contributed by atoms with E-state index in [1.165, 1.54) is 0 Å². The van der Waals surface area contributed by atoms with Crippen LogP contribution in [0.25, 0.3) is 0 Å². The average molecular weight is 230 g/mol. The number of pyridine rings is 1. The van der Waals surface area contributed by atoms with Crippen LogP contribution < -0.4 is 9.61 Å². The van der Waals surface area contributed by atoms with Crippen LogP contribution >= 0.6 is 6.42 Å². The quantitative estimate of drug-likeness (QED) is 0.805. The van der Waals surface area contributed by atoms with Gasteiger partial charge in [0.2, 0.25) is 0 Å². The molecule has 0 aliphatic carbocycles. The number of aryl methyl sites for hydroxylation is 1. The average Bonchev–Trinajstić information content (AvgIpc) is 2.21. The van der Waals surface area contributed by atoms with E-state index in [1.54, 1.807) is 6.20 Å². The second kappa shape index (κ2) is 4.87. The Labute approximate surface area is 90.0 Å². The molecule has 0 amide bonds. The molecule has 0 fully saturated rings. The molecule has 0 saturated carbocycles. The summed E-state index contributed by atoms with van der Waals surface area (Å²) in [4.78, 5) is 4.15. The van der Waals surface area contributed by atoms with Crippen LogP contribution in [0.3, 0.4) is 0 Å². The van der Waals surface area contributed by atoms with Crippen LogP contribution in [0.5, 0.6) is 5.75 Å². The maximum Gasteiger partial charge on any atom is 0.178 e. The van der Waals surface area contributed by atoms with Gasteiger partial charge in [0, 0.05) is 11.9 Å². The van der Waals surface area contributed by atoms with Crippen molar-refractivity contribution < 1.29 is 4.52 Å². The van der Waals surface area contributed by atoms with Gasteiger partial charge in [-0.25, -0.2) is 0 Å². The minimum absolute atomic E-state index is 0.745. The molecule has 0 spiro atoms. The van der Waals surface area contributed by atoms with E-state index in [4.69, 9.17) is 16.3 Å². The zero-order valence-corrected chi connectivity index (χ0v) is 10.4. The predicted molar refractivity (Wildman–Crippen MR) is 63.5 cm³/mol. The highest BCUT2D eigenvalue weighted by molar-refractivity contribution is 8.11. The molecular formula is C9H15N2OPS. The van der Waals surface area contributed by atoms with Gasteiger partial charge in [-0.15, -0.1) is 0 Å². The van der Waals surface area contributed by atoms with Crippen LogP contribution in [0.4, 0.5) is 0 Å². The standard InChI is InChI=1S/C9H15N2OPS/c1-4-13(14,10-3)12-9-6-5-8(2)11-7-9/h5-7H,4H2,1-3H3,(H,10,14). The molecule has 0 aliphatic rings. The molecule has 14 heavy (non-hydrogen) atoms. The topological polar surface area (TPSA) is 34.1 Å². The smallest absolute Gasteiger partial charge is 0.178 e. The lowest BCUT2D eigenvalue weighted by atomic mass is 10.4. The fraction of sp³-hybridized carbons (Fsp3) is 0.444. The van der Waals surface area contributed by atoms with Gasteiger partial charge in [0.15, 0.2) is 6.42 Å². The maximum atomic E-state index is 5.71. The first-order valence-electron chi connectivity index (χ1n) is 4.50. The van der Waals surface area contributed by atoms with Gasteiger partial charge >= 0.3 is 0 Å². The van der Waals surface area contributed by atoms with E-state index in [9.17, 15) is 0 Å². The summed E-state index contributed by atoms with van der Waals surface area (Å²) in [5, 5.41) is 3.07. The first-order chi connectivity index (χ1) is 6.59. The molecule has 1 aromatic heterocycles. The summed E-state index contributed by atoms with van der Waals surface area (Å²) < 4.78 is 5.71. The lowest BCUT2D eigenvalue weighted by Crippen LogP contribution is -2.10. The van der Waals surface area contributed by atoms with Gasteiger partial charge in [-0.3, -0.25) is 10.1 Å². The Kier molecular flexibility index (Phi) is 4.05. The fourth-order valence-corrected chi connectivity index (χ4v) is 2.19. The van der Waals surface area contributed by atoms with E-state index in [0.717, 1.165) is 17.6 Å². The number of rotatable bonds is 4. The highest BCUT2D eigenvalue weighted by Gasteiger charge is 2.13. The van der Waals surface area contributed by atoms with Crippen molar-refractivity contribution in [3.05, 3.63) is 24.0 Å². The summed E-state index contributed by atoms with van der Waals surface area (Å²) >= 11 is 5.37. The van der Waals surface area contributed by atoms with Crippen LogP contribution in [-0.4, -0.2) is 18.2 Å². The number of aromatic nitrogens is 1. The third kappa shape index (κ3) is 3.05. The molecule has 3 nitrogen and oxygen atoms in total. The highest BCUT2D eigenvalue weighted by atomic mass is 32.4. The molecule has 0 radical (unpaired) electrons. The van der Waals surface area contributed by atoms with Crippen LogP contribution in [-0.2, 0) is 11.8 Å². The Morgan fingerprint density at radius 1 is 1.57 bits per heavy atom. The Morgan fingerprint density at radius 3 is 2.71 bits per heavy atom. The molecule has 0 aliphatic heterocycles. The van der Waals surface area contributed by atoms with E-state index in [-0.39, 0.29) is 0 Å². The summed E-state index contributed by atoms with van der Waals surface area (Å²) in [5.74, 6) is 0.745. The van der Waals surface area contributed by atoms with Gasteiger partial charge in [-0.2, -0.15) is 0 Å². The summed E-state index contributed by atoms with van der Waals surface area (Å²) in [6.07, 6.45) is 0.663. The van der Waals surface area contributed by atoms with Crippen LogP contribution in [0.2, 0.25) is 0 Å². The first-order valence-corrected chi connectivity index (χ1v) is 7.40. The monoisotopic (exact) mass is 230 g/mol. The van der Waals surface area contributed by atoms with Crippen molar-refractivity contribution >= 4 is 18.2 Å². The van der Waals surface area contributed by atoms with Crippen molar-refractivity contribution in [3.8, 4) is 5.75 Å². The maximum absolute atomic E-state index is 5.71. The SMILES string of the molecule is CCP(=S)(NC)Oc1ccc(C)nc1. The second-order valence-electron chi connectivity index (χ2n) is 2.94. The van der Waals surface area contributed by atoms with Gasteiger partial charge < -0.3 is 4.52 Å². The van der Waals surface area contributed by atoms with E-state index >= 15 is 0 Å². The van der Waals surface area contributed by atoms with Gasteiger partial charge in [0.1, 0.15) is 5.75 Å². The van der Waals surface area contributed by atoms with Gasteiger partial charge in [-0.1, -0.05) is 6.92 Å². The minimum Gasteiger partial charge on any atom is -0.452 e. The third-order valence-electron chi connectivity index (χ3n) is 1.89. The molecule has 1 atom stereocenters. The first kappa shape index (κ1) is 11.6. The summed E-state index contributed by atoms with van der Waals surface area (Å²) in [5.41, 5.74) is 0.978. The molecule has 0 bridgehead atoms. The Hall–Kier alpha value is -0.440. The van der Waals surface area contributed by atoms with Gasteiger partial charge in [0.25, 0.3) is 0 Å². The molecule has 1 rings (SSSR count). The fourth-order valence-electron chi connectivity index (χ4n) is 0.947. The van der Waals surface area contributed by atoms with Crippen molar-refractivity contribution in [2.45, 2.75) is 13.8 Å². The number of nitrogens with zero attached hydrogens (tertiary/aromatic N) is 1. The van der Waals surface area contributed by atoms with Crippen molar-refractivity contribution in [2.24, 2.45) is 0 Å². The highest BCUT2D eigenvalue weighted by Crippen LogP contribution is 2.41. The second-order valence-corrected chi connectivity index (χ2v) is 7.32. The molecule has 1 unspecified atom stereocenters. The van der Waals surface area contributed by atoms with Crippen molar-refractivity contribution in [1.82, 2.24) is 10.1 Å². The van der Waals surface area contributed by atoms with E-state index < -0.39 is 6.42 Å². The molecule has 1 heterocycles. The lowest BCUT2D eigenvalue weighted by molar-refractivity contribution is 0.598. The summed E-state index contributed by atoms with van der Waals surface area (Å²) in [6.45, 7) is 3.97. The molecule has 0 saturated heterocycles. The number of hydrogen-bond acceptors (Lipinski definition) is 3. The molecule has 0 aromatic carbocycles. The zero-order valence-electron chi connectivity index (χ0n) is 8.65. The Bertz CT molecular complexity index is 331. The van der Waals surface area contributed by atoms with Gasteiger partial charge in [-0.05, 0) is 37.9 Å². The summed E-state index contributed by atoms with van der Waals surface area (Å²) in [7, 11) is 1.84. The largest absolute Gasteiger partial charge is 0.452 e. The van der Waals surface area contributed by atoms with E-state index in [2.05, 4.69) is 10.1 Å². The van der Waals surface area contributed by atoms with Crippen LogP contribution in [0.1, 0.15) is 12.6 Å². The third-order valence-corrected chi connectivity index (χ3v) is 5.46. The predicted octanol–water partition coefficient (Wildman–Crippen LogP) is 2.32. The van der Waals surface area contributed by atoms with Crippen molar-refractivity contribution in [1.29, 1.82) is 0 Å². The van der Waals surface area contributed by atoms with Crippen molar-refractivity contribution in [2.75, 3.05) is 13.2 Å². The van der Waals surface area contributed by atoms with Crippen LogP contribution in [0, 0.1) is 6.92 Å². The molecule has 1 N–H and O–H groups in total. The molecule has 78 valence electrons. The molecule has 5 heteroatoms. The van der Waals surface area contributed by atoms with Gasteiger partial charge in [0.05, 0.1) is 6.20 Å². The number of hydrogen-bond donors (Lipinski definition) is 1. The zero-order chi connectivity index (χ0) is 10.6.